The second-order valence-corrected chi connectivity index (χ2v) is 7.17. The van der Waals surface area contributed by atoms with Crippen LogP contribution < -0.4 is 15.6 Å². The standard InChI is InChI=1S/C24H26N4O3/c1-3-4-13-31-20-10-6-9-19(15-20)23-26-24(30)21(27-28-23)11-12-22(29)25-16-18-8-5-7-17(2)14-18/h3,5-10,14-15H,1,4,11-13,16H2,2H3,(H,25,29)(H,26,28,30). The van der Waals surface area contributed by atoms with Gasteiger partial charge in [-0.1, -0.05) is 48.0 Å². The number of ether oxygens (including phenoxy) is 1. The van der Waals surface area contributed by atoms with Gasteiger partial charge in [0, 0.05) is 24.9 Å². The number of nitrogens with zero attached hydrogens (tertiary/aromatic N) is 2. The average molecular weight is 418 g/mol. The van der Waals surface area contributed by atoms with E-state index < -0.39 is 0 Å². The van der Waals surface area contributed by atoms with Crippen molar-refractivity contribution in [2.24, 2.45) is 0 Å². The maximum absolute atomic E-state index is 12.4. The molecule has 160 valence electrons. The number of rotatable bonds is 10. The number of aryl methyl sites for hydroxylation is 2. The minimum atomic E-state index is -0.352. The predicted molar refractivity (Wildman–Crippen MR) is 120 cm³/mol. The fraction of sp³-hybridized carbons (Fsp3) is 0.250. The second-order valence-electron chi connectivity index (χ2n) is 7.17. The molecule has 0 aliphatic heterocycles. The molecule has 0 bridgehead atoms. The van der Waals surface area contributed by atoms with E-state index >= 15 is 0 Å². The van der Waals surface area contributed by atoms with Gasteiger partial charge < -0.3 is 15.0 Å². The van der Waals surface area contributed by atoms with Crippen molar-refractivity contribution in [2.75, 3.05) is 6.61 Å². The van der Waals surface area contributed by atoms with Crippen molar-refractivity contribution in [3.63, 3.8) is 0 Å². The fourth-order valence-electron chi connectivity index (χ4n) is 2.99. The Hall–Kier alpha value is -3.74. The number of carbonyl (C=O) groups excluding carboxylic acids is 1. The van der Waals surface area contributed by atoms with Crippen LogP contribution in [0.1, 0.15) is 29.7 Å². The molecule has 0 atom stereocenters. The van der Waals surface area contributed by atoms with E-state index in [2.05, 4.69) is 27.1 Å². The molecule has 7 heteroatoms. The lowest BCUT2D eigenvalue weighted by Gasteiger charge is -2.07. The molecule has 0 saturated heterocycles. The number of aromatic amines is 1. The normalized spacial score (nSPS) is 10.5. The van der Waals surface area contributed by atoms with Crippen molar-refractivity contribution in [1.29, 1.82) is 0 Å². The van der Waals surface area contributed by atoms with Crippen LogP contribution in [0.5, 0.6) is 5.75 Å². The van der Waals surface area contributed by atoms with Gasteiger partial charge in [0.15, 0.2) is 5.82 Å². The number of nitrogens with one attached hydrogen (secondary N) is 2. The Morgan fingerprint density at radius 1 is 1.19 bits per heavy atom. The summed E-state index contributed by atoms with van der Waals surface area (Å²) in [4.78, 5) is 27.3. The van der Waals surface area contributed by atoms with E-state index in [1.165, 1.54) is 0 Å². The van der Waals surface area contributed by atoms with Crippen LogP contribution in [0, 0.1) is 6.92 Å². The Morgan fingerprint density at radius 3 is 2.81 bits per heavy atom. The molecule has 31 heavy (non-hydrogen) atoms. The molecule has 0 unspecified atom stereocenters. The van der Waals surface area contributed by atoms with Crippen LogP contribution in [0.15, 0.2) is 66.0 Å². The highest BCUT2D eigenvalue weighted by Crippen LogP contribution is 2.20. The Morgan fingerprint density at radius 2 is 2.03 bits per heavy atom. The van der Waals surface area contributed by atoms with Crippen LogP contribution in [-0.4, -0.2) is 27.7 Å². The van der Waals surface area contributed by atoms with Gasteiger partial charge in [0.2, 0.25) is 5.91 Å². The van der Waals surface area contributed by atoms with Crippen LogP contribution in [0.2, 0.25) is 0 Å². The zero-order valence-electron chi connectivity index (χ0n) is 17.6. The second kappa shape index (κ2) is 10.9. The van der Waals surface area contributed by atoms with Gasteiger partial charge in [-0.2, -0.15) is 0 Å². The molecule has 0 radical (unpaired) electrons. The molecule has 1 amide bonds. The maximum Gasteiger partial charge on any atom is 0.273 e. The topological polar surface area (TPSA) is 97.0 Å². The van der Waals surface area contributed by atoms with Crippen molar-refractivity contribution in [2.45, 2.75) is 32.7 Å². The Bertz CT molecular complexity index is 1110. The Balaban J connectivity index is 1.57. The molecule has 0 saturated carbocycles. The summed E-state index contributed by atoms with van der Waals surface area (Å²) < 4.78 is 5.63. The van der Waals surface area contributed by atoms with Gasteiger partial charge in [-0.15, -0.1) is 16.8 Å². The summed E-state index contributed by atoms with van der Waals surface area (Å²) in [6, 6.07) is 15.2. The summed E-state index contributed by atoms with van der Waals surface area (Å²) in [5, 5.41) is 11.0. The zero-order valence-corrected chi connectivity index (χ0v) is 17.6. The lowest BCUT2D eigenvalue weighted by atomic mass is 10.1. The number of aromatic nitrogens is 3. The van der Waals surface area contributed by atoms with Crippen LogP contribution in [0.3, 0.4) is 0 Å². The quantitative estimate of drug-likeness (QED) is 0.389. The summed E-state index contributed by atoms with van der Waals surface area (Å²) in [6.07, 6.45) is 2.91. The monoisotopic (exact) mass is 418 g/mol. The first kappa shape index (κ1) is 22.0. The average Bonchev–Trinajstić information content (AvgIpc) is 2.77. The molecule has 0 aliphatic rings. The molecule has 0 aliphatic carbocycles. The van der Waals surface area contributed by atoms with E-state index in [1.54, 1.807) is 12.1 Å². The first-order valence-electron chi connectivity index (χ1n) is 10.2. The van der Waals surface area contributed by atoms with Gasteiger partial charge in [-0.05, 0) is 31.0 Å². The van der Waals surface area contributed by atoms with E-state index in [0.717, 1.165) is 17.5 Å². The first-order chi connectivity index (χ1) is 15.0. The highest BCUT2D eigenvalue weighted by atomic mass is 16.5. The molecule has 2 aromatic carbocycles. The molecule has 2 N–H and O–H groups in total. The van der Waals surface area contributed by atoms with Crippen molar-refractivity contribution >= 4 is 5.91 Å². The molecule has 0 spiro atoms. The highest BCUT2D eigenvalue weighted by Gasteiger charge is 2.10. The van der Waals surface area contributed by atoms with E-state index in [9.17, 15) is 9.59 Å². The number of hydrogen-bond acceptors (Lipinski definition) is 5. The van der Waals surface area contributed by atoms with Gasteiger partial charge in [0.1, 0.15) is 11.4 Å². The highest BCUT2D eigenvalue weighted by molar-refractivity contribution is 5.76. The molecule has 3 aromatic rings. The third kappa shape index (κ3) is 6.64. The fourth-order valence-corrected chi connectivity index (χ4v) is 2.99. The third-order valence-corrected chi connectivity index (χ3v) is 4.62. The smallest absolute Gasteiger partial charge is 0.273 e. The number of hydrogen-bond donors (Lipinski definition) is 2. The summed E-state index contributed by atoms with van der Waals surface area (Å²) >= 11 is 0. The molecule has 1 heterocycles. The van der Waals surface area contributed by atoms with Crippen LogP contribution in [0.4, 0.5) is 0 Å². The molecule has 1 aromatic heterocycles. The predicted octanol–water partition coefficient (Wildman–Crippen LogP) is 3.34. The summed E-state index contributed by atoms with van der Waals surface area (Å²) in [5.41, 5.74) is 2.75. The molecular weight excluding hydrogens is 392 g/mol. The molecule has 7 nitrogen and oxygen atoms in total. The number of benzene rings is 2. The van der Waals surface area contributed by atoms with E-state index in [0.29, 0.717) is 30.3 Å². The van der Waals surface area contributed by atoms with Crippen molar-refractivity contribution in [1.82, 2.24) is 20.5 Å². The van der Waals surface area contributed by atoms with E-state index in [-0.39, 0.29) is 30.0 Å². The van der Waals surface area contributed by atoms with Gasteiger partial charge in [-0.3, -0.25) is 9.59 Å². The van der Waals surface area contributed by atoms with Crippen molar-refractivity contribution < 1.29 is 9.53 Å². The maximum atomic E-state index is 12.4. The zero-order chi connectivity index (χ0) is 22.1. The van der Waals surface area contributed by atoms with Gasteiger partial charge in [0.05, 0.1) is 6.61 Å². The number of amides is 1. The third-order valence-electron chi connectivity index (χ3n) is 4.62. The summed E-state index contributed by atoms with van der Waals surface area (Å²) in [6.45, 7) is 6.65. The lowest BCUT2D eigenvalue weighted by Crippen LogP contribution is -2.25. The largest absolute Gasteiger partial charge is 0.493 e. The minimum absolute atomic E-state index is 0.142. The minimum Gasteiger partial charge on any atom is -0.493 e. The summed E-state index contributed by atoms with van der Waals surface area (Å²) in [5.74, 6) is 0.888. The molecule has 0 fully saturated rings. The van der Waals surface area contributed by atoms with Gasteiger partial charge >= 0.3 is 0 Å². The summed E-state index contributed by atoms with van der Waals surface area (Å²) in [7, 11) is 0. The van der Waals surface area contributed by atoms with Gasteiger partial charge in [-0.25, -0.2) is 0 Å². The van der Waals surface area contributed by atoms with E-state index in [4.69, 9.17) is 4.74 Å². The first-order valence-corrected chi connectivity index (χ1v) is 10.2. The SMILES string of the molecule is C=CCCOc1cccc(-c2nnc(CCC(=O)NCc3cccc(C)c3)c(=O)[nH]2)c1. The molecule has 3 rings (SSSR count). The lowest BCUT2D eigenvalue weighted by molar-refractivity contribution is -0.121. The Labute approximate surface area is 181 Å². The Kier molecular flexibility index (Phi) is 7.70. The van der Waals surface area contributed by atoms with Crippen LogP contribution >= 0.6 is 0 Å². The van der Waals surface area contributed by atoms with Crippen LogP contribution in [0.25, 0.3) is 11.4 Å². The molecular formula is C24H26N4O3. The van der Waals surface area contributed by atoms with E-state index in [1.807, 2.05) is 49.4 Å². The van der Waals surface area contributed by atoms with Gasteiger partial charge in [0.25, 0.3) is 5.56 Å². The number of H-pyrrole nitrogens is 1. The van der Waals surface area contributed by atoms with Crippen molar-refractivity contribution in [3.05, 3.63) is 88.4 Å². The number of carbonyl (C=O) groups is 1. The van der Waals surface area contributed by atoms with Crippen LogP contribution in [-0.2, 0) is 17.8 Å². The van der Waals surface area contributed by atoms with Crippen molar-refractivity contribution in [3.8, 4) is 17.1 Å².